The quantitative estimate of drug-likeness (QED) is 0.771. The van der Waals surface area contributed by atoms with Gasteiger partial charge < -0.3 is 14.5 Å². The predicted molar refractivity (Wildman–Crippen MR) is 78.7 cm³/mol. The number of carbonyl (C=O) groups is 1. The normalized spacial score (nSPS) is 10.8. The van der Waals surface area contributed by atoms with Crippen molar-refractivity contribution >= 4 is 22.6 Å². The van der Waals surface area contributed by atoms with Crippen LogP contribution in [-0.4, -0.2) is 22.7 Å². The van der Waals surface area contributed by atoms with Gasteiger partial charge in [0.05, 0.1) is 18.5 Å². The summed E-state index contributed by atoms with van der Waals surface area (Å²) >= 11 is 0. The van der Waals surface area contributed by atoms with Crippen molar-refractivity contribution in [3.63, 3.8) is 0 Å². The number of amides is 1. The summed E-state index contributed by atoms with van der Waals surface area (Å²) < 4.78 is 11.1. The molecule has 2 aromatic heterocycles. The molecule has 108 valence electrons. The van der Waals surface area contributed by atoms with Gasteiger partial charge in [-0.05, 0) is 32.0 Å². The van der Waals surface area contributed by atoms with E-state index in [0.29, 0.717) is 23.6 Å². The third-order valence-electron chi connectivity index (χ3n) is 3.18. The molecule has 0 aliphatic carbocycles. The first kappa shape index (κ1) is 13.2. The van der Waals surface area contributed by atoms with Gasteiger partial charge in [-0.3, -0.25) is 9.89 Å². The summed E-state index contributed by atoms with van der Waals surface area (Å²) in [4.78, 5) is 12.2. The number of rotatable bonds is 4. The van der Waals surface area contributed by atoms with Gasteiger partial charge in [-0.2, -0.15) is 5.10 Å². The van der Waals surface area contributed by atoms with Gasteiger partial charge in [-0.25, -0.2) is 0 Å². The number of carbonyl (C=O) groups excluding carboxylic acids is 1. The highest BCUT2D eigenvalue weighted by atomic mass is 16.5. The average molecular weight is 285 g/mol. The Hall–Kier alpha value is -2.76. The number of anilines is 1. The number of hydrogen-bond acceptors (Lipinski definition) is 4. The van der Waals surface area contributed by atoms with Gasteiger partial charge in [0.15, 0.2) is 5.76 Å². The molecule has 0 bridgehead atoms. The number of nitrogens with zero attached hydrogens (tertiary/aromatic N) is 1. The third-order valence-corrected chi connectivity index (χ3v) is 3.18. The van der Waals surface area contributed by atoms with Gasteiger partial charge in [0, 0.05) is 17.1 Å². The highest BCUT2D eigenvalue weighted by Crippen LogP contribution is 2.29. The highest BCUT2D eigenvalue weighted by Gasteiger charge is 2.18. The Bertz CT molecular complexity index is 775. The molecule has 21 heavy (non-hydrogen) atoms. The molecule has 6 nitrogen and oxygen atoms in total. The van der Waals surface area contributed by atoms with Crippen molar-refractivity contribution in [2.24, 2.45) is 0 Å². The van der Waals surface area contributed by atoms with Crippen molar-refractivity contribution in [3.05, 3.63) is 41.9 Å². The molecule has 1 amide bonds. The molecule has 0 radical (unpaired) electrons. The van der Waals surface area contributed by atoms with Crippen LogP contribution in [0.3, 0.4) is 0 Å². The lowest BCUT2D eigenvalue weighted by Gasteiger charge is -2.01. The van der Waals surface area contributed by atoms with Crippen molar-refractivity contribution < 1.29 is 13.9 Å². The molecule has 6 heteroatoms. The van der Waals surface area contributed by atoms with Crippen molar-refractivity contribution in [2.75, 3.05) is 11.9 Å². The molecule has 0 unspecified atom stereocenters. The average Bonchev–Trinajstić information content (AvgIpc) is 3.08. The third kappa shape index (κ3) is 2.47. The van der Waals surface area contributed by atoms with Crippen LogP contribution >= 0.6 is 0 Å². The lowest BCUT2D eigenvalue weighted by Crippen LogP contribution is -2.11. The maximum atomic E-state index is 12.2. The second kappa shape index (κ2) is 5.32. The number of aromatic nitrogens is 2. The molecule has 0 spiro atoms. The molecule has 0 saturated heterocycles. The lowest BCUT2D eigenvalue weighted by molar-refractivity contribution is 0.0998. The summed E-state index contributed by atoms with van der Waals surface area (Å²) in [7, 11) is 0. The first-order valence-electron chi connectivity index (χ1n) is 6.65. The first-order chi connectivity index (χ1) is 10.2. The Kier molecular flexibility index (Phi) is 3.35. The van der Waals surface area contributed by atoms with Crippen LogP contribution in [0.15, 0.2) is 35.0 Å². The topological polar surface area (TPSA) is 80.2 Å². The monoisotopic (exact) mass is 285 g/mol. The van der Waals surface area contributed by atoms with Crippen LogP contribution in [0, 0.1) is 6.92 Å². The van der Waals surface area contributed by atoms with Crippen LogP contribution in [0.2, 0.25) is 0 Å². The number of hydrogen-bond donors (Lipinski definition) is 2. The summed E-state index contributed by atoms with van der Waals surface area (Å²) in [6.07, 6.45) is 3.13. The van der Waals surface area contributed by atoms with E-state index in [-0.39, 0.29) is 5.91 Å². The van der Waals surface area contributed by atoms with E-state index < -0.39 is 0 Å². The van der Waals surface area contributed by atoms with Crippen LogP contribution in [0.1, 0.15) is 23.0 Å². The Labute approximate surface area is 121 Å². The molecule has 0 fully saturated rings. The predicted octanol–water partition coefficient (Wildman–Crippen LogP) is 3.12. The number of benzene rings is 1. The Balaban J connectivity index is 1.95. The smallest absolute Gasteiger partial charge is 0.291 e. The van der Waals surface area contributed by atoms with Gasteiger partial charge in [0.1, 0.15) is 11.3 Å². The van der Waals surface area contributed by atoms with Gasteiger partial charge in [-0.1, -0.05) is 0 Å². The van der Waals surface area contributed by atoms with Crippen LogP contribution < -0.4 is 10.1 Å². The molecule has 0 atom stereocenters. The van der Waals surface area contributed by atoms with Gasteiger partial charge in [0.2, 0.25) is 0 Å². The van der Waals surface area contributed by atoms with Gasteiger partial charge in [0.25, 0.3) is 5.91 Å². The number of ether oxygens (including phenoxy) is 1. The standard InChI is InChI=1S/C15H15N3O3/c1-3-20-11-4-5-13-12(6-11)9(2)14(21-13)15(19)18-10-7-16-17-8-10/h4-8H,3H2,1-2H3,(H,16,17)(H,18,19). The minimum Gasteiger partial charge on any atom is -0.494 e. The van der Waals surface area contributed by atoms with Gasteiger partial charge in [-0.15, -0.1) is 0 Å². The molecule has 3 aromatic rings. The van der Waals surface area contributed by atoms with E-state index in [1.807, 2.05) is 32.0 Å². The molecule has 1 aromatic carbocycles. The largest absolute Gasteiger partial charge is 0.494 e. The van der Waals surface area contributed by atoms with Crippen molar-refractivity contribution in [1.29, 1.82) is 0 Å². The lowest BCUT2D eigenvalue weighted by atomic mass is 10.1. The summed E-state index contributed by atoms with van der Waals surface area (Å²) in [6.45, 7) is 4.37. The Morgan fingerprint density at radius 2 is 2.33 bits per heavy atom. The zero-order valence-corrected chi connectivity index (χ0v) is 11.8. The number of aromatic amines is 1. The van der Waals surface area contributed by atoms with Gasteiger partial charge >= 0.3 is 0 Å². The fourth-order valence-corrected chi connectivity index (χ4v) is 2.18. The Morgan fingerprint density at radius 1 is 1.48 bits per heavy atom. The number of H-pyrrole nitrogens is 1. The number of nitrogens with one attached hydrogen (secondary N) is 2. The van der Waals surface area contributed by atoms with Crippen molar-refractivity contribution in [3.8, 4) is 5.75 Å². The van der Waals surface area contributed by atoms with Crippen molar-refractivity contribution in [1.82, 2.24) is 10.2 Å². The second-order valence-corrected chi connectivity index (χ2v) is 4.59. The zero-order valence-electron chi connectivity index (χ0n) is 11.8. The molecular weight excluding hydrogens is 270 g/mol. The molecule has 2 N–H and O–H groups in total. The van der Waals surface area contributed by atoms with E-state index in [9.17, 15) is 4.79 Å². The fraction of sp³-hybridized carbons (Fsp3) is 0.200. The summed E-state index contributed by atoms with van der Waals surface area (Å²) in [5.74, 6) is 0.749. The van der Waals surface area contributed by atoms with E-state index in [2.05, 4.69) is 15.5 Å². The maximum absolute atomic E-state index is 12.2. The second-order valence-electron chi connectivity index (χ2n) is 4.59. The number of fused-ring (bicyclic) bond motifs is 1. The SMILES string of the molecule is CCOc1ccc2oc(C(=O)Nc3cn[nH]c3)c(C)c2c1. The van der Waals surface area contributed by atoms with E-state index in [0.717, 1.165) is 16.7 Å². The molecule has 2 heterocycles. The van der Waals surface area contributed by atoms with Crippen LogP contribution in [0.25, 0.3) is 11.0 Å². The molecule has 0 saturated carbocycles. The van der Waals surface area contributed by atoms with Crippen molar-refractivity contribution in [2.45, 2.75) is 13.8 Å². The van der Waals surface area contributed by atoms with E-state index >= 15 is 0 Å². The van der Waals surface area contributed by atoms with E-state index in [1.165, 1.54) is 6.20 Å². The highest BCUT2D eigenvalue weighted by molar-refractivity contribution is 6.06. The summed E-state index contributed by atoms with van der Waals surface area (Å²) in [5, 5.41) is 10.0. The Morgan fingerprint density at radius 3 is 3.05 bits per heavy atom. The minimum absolute atomic E-state index is 0.292. The van der Waals surface area contributed by atoms with Crippen LogP contribution in [0.4, 0.5) is 5.69 Å². The maximum Gasteiger partial charge on any atom is 0.291 e. The number of furan rings is 1. The molecule has 0 aliphatic rings. The molecule has 3 rings (SSSR count). The molecular formula is C15H15N3O3. The van der Waals surface area contributed by atoms with Crippen LogP contribution in [0.5, 0.6) is 5.75 Å². The summed E-state index contributed by atoms with van der Waals surface area (Å²) in [6, 6.07) is 5.51. The molecule has 0 aliphatic heterocycles. The minimum atomic E-state index is -0.303. The van der Waals surface area contributed by atoms with Crippen LogP contribution in [-0.2, 0) is 0 Å². The zero-order chi connectivity index (χ0) is 14.8. The fourth-order valence-electron chi connectivity index (χ4n) is 2.18. The summed E-state index contributed by atoms with van der Waals surface area (Å²) in [5.41, 5.74) is 2.04. The van der Waals surface area contributed by atoms with E-state index in [4.69, 9.17) is 9.15 Å². The van der Waals surface area contributed by atoms with E-state index in [1.54, 1.807) is 6.20 Å². The first-order valence-corrected chi connectivity index (χ1v) is 6.65. The number of aryl methyl sites for hydroxylation is 1.